The molecule has 0 atom stereocenters. The number of nitrogens with one attached hydrogen (secondary N) is 2. The van der Waals surface area contributed by atoms with Crippen molar-refractivity contribution in [1.29, 1.82) is 0 Å². The van der Waals surface area contributed by atoms with Crippen LogP contribution >= 0.6 is 35.4 Å². The van der Waals surface area contributed by atoms with E-state index in [1.54, 1.807) is 25.5 Å². The standard InChI is InChI=1S/C18H19Cl2N3O2S/c1-3-21-18(26)23-22-10-12-5-7-16(17(9-12)24-2)25-11-13-4-6-14(19)15(20)8-13/h4-10H,3,11H2,1-2H3,(H2,21,23,26)/b22-10+. The summed E-state index contributed by atoms with van der Waals surface area (Å²) in [5.74, 6) is 1.22. The molecule has 0 heterocycles. The number of benzene rings is 2. The van der Waals surface area contributed by atoms with E-state index in [2.05, 4.69) is 15.8 Å². The highest BCUT2D eigenvalue weighted by Crippen LogP contribution is 2.29. The van der Waals surface area contributed by atoms with E-state index in [0.717, 1.165) is 17.7 Å². The molecule has 0 aliphatic heterocycles. The number of ether oxygens (including phenoxy) is 2. The average molecular weight is 412 g/mol. The van der Waals surface area contributed by atoms with Crippen LogP contribution in [0.15, 0.2) is 41.5 Å². The van der Waals surface area contributed by atoms with Crippen LogP contribution in [0.4, 0.5) is 0 Å². The van der Waals surface area contributed by atoms with Crippen molar-refractivity contribution in [3.63, 3.8) is 0 Å². The van der Waals surface area contributed by atoms with Gasteiger partial charge in [-0.15, -0.1) is 0 Å². The van der Waals surface area contributed by atoms with Gasteiger partial charge < -0.3 is 14.8 Å². The van der Waals surface area contributed by atoms with E-state index in [1.807, 2.05) is 31.2 Å². The zero-order valence-corrected chi connectivity index (χ0v) is 16.7. The van der Waals surface area contributed by atoms with E-state index < -0.39 is 0 Å². The first kappa shape index (κ1) is 20.3. The van der Waals surface area contributed by atoms with Crippen LogP contribution in [0.25, 0.3) is 0 Å². The summed E-state index contributed by atoms with van der Waals surface area (Å²) in [6.07, 6.45) is 1.65. The van der Waals surface area contributed by atoms with Gasteiger partial charge in [0.15, 0.2) is 16.6 Å². The Kier molecular flexibility index (Phi) is 7.97. The summed E-state index contributed by atoms with van der Waals surface area (Å²) in [7, 11) is 1.58. The Morgan fingerprint density at radius 1 is 1.15 bits per heavy atom. The maximum absolute atomic E-state index is 6.02. The normalized spacial score (nSPS) is 10.6. The molecule has 0 saturated carbocycles. The number of rotatable bonds is 7. The molecule has 0 saturated heterocycles. The fraction of sp³-hybridized carbons (Fsp3) is 0.222. The molecule has 0 fully saturated rings. The Hall–Kier alpha value is -2.02. The second-order valence-corrected chi connectivity index (χ2v) is 6.40. The SMILES string of the molecule is CCNC(=S)N/N=C/c1ccc(OCc2ccc(Cl)c(Cl)c2)c(OC)c1. The molecule has 26 heavy (non-hydrogen) atoms. The Bertz CT molecular complexity index is 800. The molecule has 2 aromatic rings. The monoisotopic (exact) mass is 411 g/mol. The molecule has 0 aromatic heterocycles. The van der Waals surface area contributed by atoms with Crippen LogP contribution in [0, 0.1) is 0 Å². The van der Waals surface area contributed by atoms with E-state index in [9.17, 15) is 0 Å². The summed E-state index contributed by atoms with van der Waals surface area (Å²) in [5, 5.41) is 8.50. The van der Waals surface area contributed by atoms with Gasteiger partial charge in [0.1, 0.15) is 6.61 Å². The van der Waals surface area contributed by atoms with Crippen molar-refractivity contribution in [3.8, 4) is 11.5 Å². The number of nitrogens with zero attached hydrogens (tertiary/aromatic N) is 1. The van der Waals surface area contributed by atoms with Crippen LogP contribution in [0.2, 0.25) is 10.0 Å². The Morgan fingerprint density at radius 3 is 2.65 bits per heavy atom. The van der Waals surface area contributed by atoms with Crippen molar-refractivity contribution in [2.45, 2.75) is 13.5 Å². The molecule has 0 amide bonds. The first-order valence-corrected chi connectivity index (χ1v) is 9.01. The predicted molar refractivity (Wildman–Crippen MR) is 111 cm³/mol. The molecule has 0 unspecified atom stereocenters. The van der Waals surface area contributed by atoms with E-state index in [4.69, 9.17) is 44.9 Å². The molecular formula is C18H19Cl2N3O2S. The molecule has 0 spiro atoms. The van der Waals surface area contributed by atoms with Crippen LogP contribution in [0.3, 0.4) is 0 Å². The molecule has 2 N–H and O–H groups in total. The van der Waals surface area contributed by atoms with Crippen LogP contribution in [0.1, 0.15) is 18.1 Å². The smallest absolute Gasteiger partial charge is 0.186 e. The molecular weight excluding hydrogens is 393 g/mol. The summed E-state index contributed by atoms with van der Waals surface area (Å²) in [5.41, 5.74) is 4.49. The molecule has 0 aliphatic carbocycles. The number of methoxy groups -OCH3 is 1. The maximum Gasteiger partial charge on any atom is 0.186 e. The lowest BCUT2D eigenvalue weighted by atomic mass is 10.2. The quantitative estimate of drug-likeness (QED) is 0.401. The number of hydrogen-bond acceptors (Lipinski definition) is 4. The molecule has 0 aliphatic rings. The van der Waals surface area contributed by atoms with Crippen molar-refractivity contribution in [1.82, 2.24) is 10.7 Å². The molecule has 8 heteroatoms. The van der Waals surface area contributed by atoms with Crippen LogP contribution in [-0.4, -0.2) is 25.0 Å². The van der Waals surface area contributed by atoms with Gasteiger partial charge in [0.05, 0.1) is 23.4 Å². The second-order valence-electron chi connectivity index (χ2n) is 5.18. The van der Waals surface area contributed by atoms with Gasteiger partial charge >= 0.3 is 0 Å². The summed E-state index contributed by atoms with van der Waals surface area (Å²) >= 11 is 17.0. The van der Waals surface area contributed by atoms with Crippen LogP contribution in [0.5, 0.6) is 11.5 Å². The van der Waals surface area contributed by atoms with Gasteiger partial charge in [0, 0.05) is 6.54 Å². The minimum atomic E-state index is 0.346. The third kappa shape index (κ3) is 6.05. The lowest BCUT2D eigenvalue weighted by Crippen LogP contribution is -2.31. The van der Waals surface area contributed by atoms with E-state index in [0.29, 0.717) is 33.3 Å². The van der Waals surface area contributed by atoms with Gasteiger partial charge in [-0.2, -0.15) is 5.10 Å². The van der Waals surface area contributed by atoms with Gasteiger partial charge in [0.25, 0.3) is 0 Å². The highest BCUT2D eigenvalue weighted by atomic mass is 35.5. The van der Waals surface area contributed by atoms with Crippen molar-refractivity contribution in [2.75, 3.05) is 13.7 Å². The largest absolute Gasteiger partial charge is 0.493 e. The minimum Gasteiger partial charge on any atom is -0.493 e. The molecule has 0 radical (unpaired) electrons. The van der Waals surface area contributed by atoms with Crippen molar-refractivity contribution >= 4 is 46.7 Å². The van der Waals surface area contributed by atoms with Gasteiger partial charge in [0.2, 0.25) is 0 Å². The predicted octanol–water partition coefficient (Wildman–Crippen LogP) is 4.40. The van der Waals surface area contributed by atoms with Crippen molar-refractivity contribution < 1.29 is 9.47 Å². The molecule has 138 valence electrons. The third-order valence-corrected chi connectivity index (χ3v) is 4.26. The zero-order chi connectivity index (χ0) is 18.9. The lowest BCUT2D eigenvalue weighted by molar-refractivity contribution is 0.284. The highest BCUT2D eigenvalue weighted by molar-refractivity contribution is 7.80. The zero-order valence-electron chi connectivity index (χ0n) is 14.4. The van der Waals surface area contributed by atoms with Gasteiger partial charge in [-0.25, -0.2) is 0 Å². The fourth-order valence-corrected chi connectivity index (χ4v) is 2.56. The van der Waals surface area contributed by atoms with Gasteiger partial charge in [-0.1, -0.05) is 29.3 Å². The number of hydrogen-bond donors (Lipinski definition) is 2. The molecule has 2 aromatic carbocycles. The fourth-order valence-electron chi connectivity index (χ4n) is 2.04. The maximum atomic E-state index is 6.02. The van der Waals surface area contributed by atoms with Gasteiger partial charge in [-0.05, 0) is 60.6 Å². The van der Waals surface area contributed by atoms with E-state index >= 15 is 0 Å². The number of thiocarbonyl (C=S) groups is 1. The van der Waals surface area contributed by atoms with Crippen molar-refractivity contribution in [2.24, 2.45) is 5.10 Å². The Balaban J connectivity index is 2.02. The Morgan fingerprint density at radius 2 is 1.96 bits per heavy atom. The summed E-state index contributed by atoms with van der Waals surface area (Å²) in [6.45, 7) is 3.04. The second kappa shape index (κ2) is 10.2. The van der Waals surface area contributed by atoms with Crippen molar-refractivity contribution in [3.05, 3.63) is 57.6 Å². The molecule has 5 nitrogen and oxygen atoms in total. The average Bonchev–Trinajstić information content (AvgIpc) is 2.63. The van der Waals surface area contributed by atoms with Crippen LogP contribution < -0.4 is 20.2 Å². The van der Waals surface area contributed by atoms with E-state index in [-0.39, 0.29) is 0 Å². The van der Waals surface area contributed by atoms with E-state index in [1.165, 1.54) is 0 Å². The first-order chi connectivity index (χ1) is 12.5. The summed E-state index contributed by atoms with van der Waals surface area (Å²) in [6, 6.07) is 10.9. The first-order valence-electron chi connectivity index (χ1n) is 7.85. The minimum absolute atomic E-state index is 0.346. The Labute approximate surface area is 168 Å². The topological polar surface area (TPSA) is 54.9 Å². The van der Waals surface area contributed by atoms with Crippen LogP contribution in [-0.2, 0) is 6.61 Å². The summed E-state index contributed by atoms with van der Waals surface area (Å²) in [4.78, 5) is 0. The lowest BCUT2D eigenvalue weighted by Gasteiger charge is -2.12. The molecule has 2 rings (SSSR count). The molecule has 0 bridgehead atoms. The number of halogens is 2. The van der Waals surface area contributed by atoms with Gasteiger partial charge in [-0.3, -0.25) is 5.43 Å². The summed E-state index contributed by atoms with van der Waals surface area (Å²) < 4.78 is 11.2. The third-order valence-electron chi connectivity index (χ3n) is 3.28. The highest BCUT2D eigenvalue weighted by Gasteiger charge is 2.07. The number of hydrazone groups is 1.